The Labute approximate surface area is 119 Å². The summed E-state index contributed by atoms with van der Waals surface area (Å²) in [7, 11) is 0. The Bertz CT molecular complexity index is 611. The summed E-state index contributed by atoms with van der Waals surface area (Å²) in [5, 5.41) is 31.0. The Morgan fingerprint density at radius 1 is 1.29 bits per heavy atom. The SMILES string of the molecule is O=C(Cn1cnnn1)N[C@H](Cc1ccc(O)cc1)C(=O)O. The van der Waals surface area contributed by atoms with Gasteiger partial charge in [-0.1, -0.05) is 12.1 Å². The van der Waals surface area contributed by atoms with Gasteiger partial charge >= 0.3 is 5.97 Å². The molecule has 9 heteroatoms. The molecule has 0 saturated heterocycles. The molecule has 21 heavy (non-hydrogen) atoms. The number of tetrazole rings is 1. The Hall–Kier alpha value is -2.97. The summed E-state index contributed by atoms with van der Waals surface area (Å²) in [6, 6.07) is 5.03. The molecule has 1 aromatic heterocycles. The van der Waals surface area contributed by atoms with Crippen molar-refractivity contribution in [2.45, 2.75) is 19.0 Å². The highest BCUT2D eigenvalue weighted by atomic mass is 16.4. The summed E-state index contributed by atoms with van der Waals surface area (Å²) in [6.45, 7) is -0.160. The zero-order valence-electron chi connectivity index (χ0n) is 10.9. The van der Waals surface area contributed by atoms with Gasteiger partial charge in [-0.05, 0) is 28.1 Å². The summed E-state index contributed by atoms with van der Waals surface area (Å²) >= 11 is 0. The lowest BCUT2D eigenvalue weighted by Gasteiger charge is -2.14. The zero-order valence-corrected chi connectivity index (χ0v) is 10.9. The molecule has 0 aliphatic carbocycles. The van der Waals surface area contributed by atoms with Crippen molar-refractivity contribution in [1.82, 2.24) is 25.5 Å². The van der Waals surface area contributed by atoms with E-state index in [1.807, 2.05) is 0 Å². The molecule has 0 saturated carbocycles. The van der Waals surface area contributed by atoms with Crippen LogP contribution in [-0.4, -0.2) is 48.3 Å². The molecule has 3 N–H and O–H groups in total. The van der Waals surface area contributed by atoms with Crippen molar-refractivity contribution >= 4 is 11.9 Å². The highest BCUT2D eigenvalue weighted by molar-refractivity contribution is 5.83. The summed E-state index contributed by atoms with van der Waals surface area (Å²) in [4.78, 5) is 22.9. The summed E-state index contributed by atoms with van der Waals surface area (Å²) < 4.78 is 1.19. The predicted octanol–water partition coefficient (Wildman–Crippen LogP) is -0.809. The zero-order chi connectivity index (χ0) is 15.2. The third-order valence-electron chi connectivity index (χ3n) is 2.71. The maximum absolute atomic E-state index is 11.7. The lowest BCUT2D eigenvalue weighted by Crippen LogP contribution is -2.43. The van der Waals surface area contributed by atoms with Gasteiger partial charge in [-0.25, -0.2) is 9.48 Å². The van der Waals surface area contributed by atoms with Crippen molar-refractivity contribution in [3.8, 4) is 5.75 Å². The fraction of sp³-hybridized carbons (Fsp3) is 0.250. The van der Waals surface area contributed by atoms with Crippen molar-refractivity contribution in [2.75, 3.05) is 0 Å². The second-order valence-electron chi connectivity index (χ2n) is 4.34. The third-order valence-corrected chi connectivity index (χ3v) is 2.71. The van der Waals surface area contributed by atoms with Gasteiger partial charge in [0, 0.05) is 6.42 Å². The maximum atomic E-state index is 11.7. The number of hydrogen-bond donors (Lipinski definition) is 3. The average Bonchev–Trinajstić information content (AvgIpc) is 2.93. The smallest absolute Gasteiger partial charge is 0.326 e. The van der Waals surface area contributed by atoms with E-state index in [-0.39, 0.29) is 18.7 Å². The number of carbonyl (C=O) groups excluding carboxylic acids is 1. The summed E-state index contributed by atoms with van der Waals surface area (Å²) in [5.41, 5.74) is 0.683. The number of aromatic hydroxyl groups is 1. The number of nitrogens with one attached hydrogen (secondary N) is 1. The van der Waals surface area contributed by atoms with E-state index in [1.54, 1.807) is 12.1 Å². The van der Waals surface area contributed by atoms with Crippen LogP contribution in [0.15, 0.2) is 30.6 Å². The van der Waals surface area contributed by atoms with Gasteiger partial charge in [0.05, 0.1) is 0 Å². The number of carbonyl (C=O) groups is 2. The number of benzene rings is 1. The van der Waals surface area contributed by atoms with Crippen LogP contribution in [0.4, 0.5) is 0 Å². The number of amides is 1. The van der Waals surface area contributed by atoms with Gasteiger partial charge in [-0.15, -0.1) is 5.10 Å². The van der Waals surface area contributed by atoms with E-state index in [1.165, 1.54) is 23.1 Å². The molecule has 0 aliphatic rings. The van der Waals surface area contributed by atoms with Crippen LogP contribution < -0.4 is 5.32 Å². The van der Waals surface area contributed by atoms with Crippen LogP contribution in [0, 0.1) is 0 Å². The molecule has 1 aromatic carbocycles. The van der Waals surface area contributed by atoms with Crippen molar-refractivity contribution < 1.29 is 19.8 Å². The first-order chi connectivity index (χ1) is 10.0. The Morgan fingerprint density at radius 2 is 2.00 bits per heavy atom. The van der Waals surface area contributed by atoms with E-state index in [9.17, 15) is 14.7 Å². The molecule has 0 fully saturated rings. The molecule has 0 radical (unpaired) electrons. The Morgan fingerprint density at radius 3 is 2.57 bits per heavy atom. The van der Waals surface area contributed by atoms with Gasteiger partial charge in [-0.2, -0.15) is 0 Å². The molecular weight excluding hydrogens is 278 g/mol. The first-order valence-electron chi connectivity index (χ1n) is 6.05. The minimum atomic E-state index is -1.15. The first kappa shape index (κ1) is 14.4. The van der Waals surface area contributed by atoms with Gasteiger partial charge in [0.2, 0.25) is 5.91 Å². The van der Waals surface area contributed by atoms with E-state index in [0.717, 1.165) is 0 Å². The van der Waals surface area contributed by atoms with Crippen LogP contribution in [0.25, 0.3) is 0 Å². The van der Waals surface area contributed by atoms with Gasteiger partial charge in [0.25, 0.3) is 0 Å². The number of carboxylic acids is 1. The number of aliphatic carboxylic acids is 1. The van der Waals surface area contributed by atoms with Crippen LogP contribution in [0.2, 0.25) is 0 Å². The number of rotatable bonds is 6. The fourth-order valence-electron chi connectivity index (χ4n) is 1.71. The minimum absolute atomic E-state index is 0.0911. The second kappa shape index (κ2) is 6.46. The quantitative estimate of drug-likeness (QED) is 0.634. The molecule has 0 spiro atoms. The number of nitrogens with zero attached hydrogens (tertiary/aromatic N) is 4. The standard InChI is InChI=1S/C12H13N5O4/c18-9-3-1-8(2-4-9)5-10(12(20)21)14-11(19)6-17-7-13-15-16-17/h1-4,7,10,18H,5-6H2,(H,14,19)(H,20,21)/t10-/m1/s1. The number of phenolic OH excluding ortho intramolecular Hbond substituents is 1. The van der Waals surface area contributed by atoms with E-state index < -0.39 is 17.9 Å². The second-order valence-corrected chi connectivity index (χ2v) is 4.34. The Balaban J connectivity index is 1.97. The van der Waals surface area contributed by atoms with Crippen molar-refractivity contribution in [1.29, 1.82) is 0 Å². The topological polar surface area (TPSA) is 130 Å². The van der Waals surface area contributed by atoms with Crippen LogP contribution in [-0.2, 0) is 22.6 Å². The minimum Gasteiger partial charge on any atom is -0.508 e. The summed E-state index contributed by atoms with van der Waals surface area (Å²) in [6.07, 6.45) is 1.37. The molecule has 0 aliphatic heterocycles. The van der Waals surface area contributed by atoms with Gasteiger partial charge in [0.15, 0.2) is 0 Å². The highest BCUT2D eigenvalue weighted by Gasteiger charge is 2.20. The average molecular weight is 291 g/mol. The molecule has 1 atom stereocenters. The molecular formula is C12H13N5O4. The van der Waals surface area contributed by atoms with Crippen molar-refractivity contribution in [3.05, 3.63) is 36.2 Å². The van der Waals surface area contributed by atoms with Crippen LogP contribution in [0.3, 0.4) is 0 Å². The van der Waals surface area contributed by atoms with E-state index in [4.69, 9.17) is 5.11 Å². The summed E-state index contributed by atoms with van der Waals surface area (Å²) in [5.74, 6) is -1.56. The first-order valence-corrected chi connectivity index (χ1v) is 6.05. The highest BCUT2D eigenvalue weighted by Crippen LogP contribution is 2.11. The van der Waals surface area contributed by atoms with E-state index in [0.29, 0.717) is 5.56 Å². The predicted molar refractivity (Wildman–Crippen MR) is 69.2 cm³/mol. The molecule has 1 amide bonds. The van der Waals surface area contributed by atoms with Gasteiger partial charge in [-0.3, -0.25) is 4.79 Å². The molecule has 0 bridgehead atoms. The number of aromatic nitrogens is 4. The molecule has 2 rings (SSSR count). The fourth-order valence-corrected chi connectivity index (χ4v) is 1.71. The number of carboxylic acid groups (broad SMARTS) is 1. The lowest BCUT2D eigenvalue weighted by molar-refractivity contribution is -0.141. The van der Waals surface area contributed by atoms with E-state index in [2.05, 4.69) is 20.8 Å². The molecule has 0 unspecified atom stereocenters. The van der Waals surface area contributed by atoms with Crippen molar-refractivity contribution in [3.63, 3.8) is 0 Å². The Kier molecular flexibility index (Phi) is 4.44. The normalized spacial score (nSPS) is 11.8. The van der Waals surface area contributed by atoms with Crippen LogP contribution in [0.1, 0.15) is 5.56 Å². The number of phenols is 1. The van der Waals surface area contributed by atoms with Crippen LogP contribution in [0.5, 0.6) is 5.75 Å². The molecule has 110 valence electrons. The molecule has 2 aromatic rings. The van der Waals surface area contributed by atoms with Crippen molar-refractivity contribution in [2.24, 2.45) is 0 Å². The maximum Gasteiger partial charge on any atom is 0.326 e. The number of hydrogen-bond acceptors (Lipinski definition) is 6. The molecule has 1 heterocycles. The third kappa shape index (κ3) is 4.27. The molecule has 9 nitrogen and oxygen atoms in total. The van der Waals surface area contributed by atoms with Gasteiger partial charge in [0.1, 0.15) is 24.7 Å². The lowest BCUT2D eigenvalue weighted by atomic mass is 10.1. The van der Waals surface area contributed by atoms with Crippen LogP contribution >= 0.6 is 0 Å². The van der Waals surface area contributed by atoms with Gasteiger partial charge < -0.3 is 15.5 Å². The monoisotopic (exact) mass is 291 g/mol. The largest absolute Gasteiger partial charge is 0.508 e. The van der Waals surface area contributed by atoms with E-state index >= 15 is 0 Å².